The Morgan fingerprint density at radius 3 is 2.37 bits per heavy atom. The lowest BCUT2D eigenvalue weighted by Gasteiger charge is -2.32. The molecule has 1 aliphatic heterocycles. The molecular weight excluding hydrogens is 385 g/mol. The van der Waals surface area contributed by atoms with Crippen molar-refractivity contribution in [1.29, 1.82) is 0 Å². The first-order valence-corrected chi connectivity index (χ1v) is 11.7. The molecule has 1 heterocycles. The Morgan fingerprint density at radius 1 is 1.22 bits per heavy atom. The number of nitrogens with zero attached hydrogens (tertiary/aromatic N) is 1. The van der Waals surface area contributed by atoms with Gasteiger partial charge in [-0.15, -0.1) is 0 Å². The van der Waals surface area contributed by atoms with Crippen molar-refractivity contribution in [1.82, 2.24) is 0 Å². The van der Waals surface area contributed by atoms with Crippen molar-refractivity contribution >= 4 is 25.2 Å². The maximum atomic E-state index is 12.7. The average Bonchev–Trinajstić information content (AvgIpc) is 3.11. The molecule has 0 fully saturated rings. The van der Waals surface area contributed by atoms with Crippen LogP contribution in [-0.4, -0.2) is 42.1 Å². The fourth-order valence-corrected chi connectivity index (χ4v) is 5.07. The summed E-state index contributed by atoms with van der Waals surface area (Å²) < 4.78 is 23.3. The lowest BCUT2D eigenvalue weighted by atomic mass is 9.78. The highest BCUT2D eigenvalue weighted by Crippen LogP contribution is 2.49. The Hall–Kier alpha value is -0.970. The van der Waals surface area contributed by atoms with E-state index in [1.54, 1.807) is 20.1 Å². The van der Waals surface area contributed by atoms with Gasteiger partial charge in [-0.1, -0.05) is 36.7 Å². The molecule has 0 saturated heterocycles. The summed E-state index contributed by atoms with van der Waals surface area (Å²) in [4.78, 5) is 15.1. The molecular formula is C20H29ClNO4P. The second-order valence-corrected chi connectivity index (χ2v) is 9.52. The minimum atomic E-state index is -3.57. The van der Waals surface area contributed by atoms with E-state index in [4.69, 9.17) is 26.1 Å². The summed E-state index contributed by atoms with van der Waals surface area (Å²) >= 11 is 6.00. The van der Waals surface area contributed by atoms with E-state index in [1.165, 1.54) is 0 Å². The van der Waals surface area contributed by atoms with Crippen molar-refractivity contribution in [3.63, 3.8) is 0 Å². The number of hydrogen-bond donors (Lipinski definition) is 1. The van der Waals surface area contributed by atoms with E-state index in [9.17, 15) is 9.46 Å². The molecule has 3 unspecified atom stereocenters. The first-order chi connectivity index (χ1) is 12.8. The zero-order chi connectivity index (χ0) is 19.9. The van der Waals surface area contributed by atoms with Crippen molar-refractivity contribution in [3.8, 4) is 0 Å². The molecule has 5 nitrogen and oxygen atoms in total. The summed E-state index contributed by atoms with van der Waals surface area (Å²) in [6, 6.07) is 6.71. The lowest BCUT2D eigenvalue weighted by molar-refractivity contribution is -0.0871. The molecule has 2 rings (SSSR count). The molecule has 1 aromatic carbocycles. The molecule has 7 heteroatoms. The normalized spacial score (nSPS) is 22.3. The predicted octanol–water partition coefficient (Wildman–Crippen LogP) is 5.23. The summed E-state index contributed by atoms with van der Waals surface area (Å²) in [5.74, 6) is 0.123. The van der Waals surface area contributed by atoms with E-state index in [0.29, 0.717) is 31.1 Å². The highest BCUT2D eigenvalue weighted by molar-refractivity contribution is 7.58. The van der Waals surface area contributed by atoms with Crippen LogP contribution >= 0.6 is 19.0 Å². The summed E-state index contributed by atoms with van der Waals surface area (Å²) in [6.45, 7) is 6.36. The number of rotatable bonds is 11. The minimum absolute atomic E-state index is 0.123. The van der Waals surface area contributed by atoms with Gasteiger partial charge in [0.2, 0.25) is 6.03 Å². The Labute approximate surface area is 166 Å². The molecule has 1 N–H and O–H groups in total. The van der Waals surface area contributed by atoms with Crippen LogP contribution in [0.15, 0.2) is 41.4 Å². The van der Waals surface area contributed by atoms with E-state index in [-0.39, 0.29) is 12.1 Å². The minimum Gasteiger partial charge on any atom is -0.345 e. The first kappa shape index (κ1) is 22.3. The lowest BCUT2D eigenvalue weighted by Crippen LogP contribution is -2.30. The summed E-state index contributed by atoms with van der Waals surface area (Å²) in [5, 5.41) is 0.699. The summed E-state index contributed by atoms with van der Waals surface area (Å²) in [5.41, 5.74) is 0.720. The molecule has 0 aromatic heterocycles. The molecule has 27 heavy (non-hydrogen) atoms. The third-order valence-corrected chi connectivity index (χ3v) is 7.08. The van der Waals surface area contributed by atoms with Crippen molar-refractivity contribution in [3.05, 3.63) is 47.0 Å². The van der Waals surface area contributed by atoms with Gasteiger partial charge in [-0.05, 0) is 50.5 Å². The van der Waals surface area contributed by atoms with Crippen molar-refractivity contribution in [2.45, 2.75) is 51.1 Å². The van der Waals surface area contributed by atoms with Crippen molar-refractivity contribution in [2.24, 2.45) is 4.99 Å². The zero-order valence-electron chi connectivity index (χ0n) is 16.2. The summed E-state index contributed by atoms with van der Waals surface area (Å²) in [7, 11) is -3.57. The van der Waals surface area contributed by atoms with Crippen LogP contribution < -0.4 is 0 Å². The third-order valence-electron chi connectivity index (χ3n) is 4.91. The molecule has 0 aliphatic carbocycles. The van der Waals surface area contributed by atoms with E-state index >= 15 is 0 Å². The second kappa shape index (κ2) is 9.99. The van der Waals surface area contributed by atoms with Gasteiger partial charge in [-0.2, -0.15) is 0 Å². The van der Waals surface area contributed by atoms with E-state index in [2.05, 4.69) is 13.0 Å². The van der Waals surface area contributed by atoms with Gasteiger partial charge >= 0.3 is 0 Å². The number of hydrogen-bond acceptors (Lipinski definition) is 4. The van der Waals surface area contributed by atoms with Crippen LogP contribution in [0.3, 0.4) is 0 Å². The maximum absolute atomic E-state index is 12.7. The number of aliphatic imine (C=N–C) groups is 1. The van der Waals surface area contributed by atoms with E-state index < -0.39 is 18.9 Å². The van der Waals surface area contributed by atoms with Gasteiger partial charge in [0.15, 0.2) is 0 Å². The molecule has 150 valence electrons. The Balaban J connectivity index is 2.06. The molecule has 0 spiro atoms. The van der Waals surface area contributed by atoms with Gasteiger partial charge in [0.25, 0.3) is 7.37 Å². The first-order valence-electron chi connectivity index (χ1n) is 9.38. The van der Waals surface area contributed by atoms with Gasteiger partial charge in [0, 0.05) is 36.5 Å². The fraction of sp³-hybridized carbons (Fsp3) is 0.550. The standard InChI is InChI=1S/C20H29ClNO4P/c1-4-25-19(26-5-2)27(23,24)15-7-13-20(12-6-14-22-20)16(3)17-8-10-18(21)11-9-17/h6,8-12,14,16,19H,4-5,7,13,15H2,1-3H3,(H,23,24). The van der Waals surface area contributed by atoms with Crippen LogP contribution in [0.1, 0.15) is 45.1 Å². The van der Waals surface area contributed by atoms with Crippen molar-refractivity contribution < 1.29 is 18.9 Å². The van der Waals surface area contributed by atoms with Crippen LogP contribution in [0.25, 0.3) is 0 Å². The van der Waals surface area contributed by atoms with Gasteiger partial charge in [0.1, 0.15) is 0 Å². The summed E-state index contributed by atoms with van der Waals surface area (Å²) in [6.07, 6.45) is 7.17. The SMILES string of the molecule is CCOC(OCC)P(=O)(O)CCCC1(C(C)c2ccc(Cl)cc2)C=CC=N1. The Morgan fingerprint density at radius 2 is 1.85 bits per heavy atom. The van der Waals surface area contributed by atoms with Gasteiger partial charge < -0.3 is 14.4 Å². The highest BCUT2D eigenvalue weighted by atomic mass is 35.5. The smallest absolute Gasteiger partial charge is 0.255 e. The quantitative estimate of drug-likeness (QED) is 0.398. The topological polar surface area (TPSA) is 68.1 Å². The van der Waals surface area contributed by atoms with Crippen LogP contribution in [-0.2, 0) is 14.0 Å². The van der Waals surface area contributed by atoms with Crippen LogP contribution in [0.4, 0.5) is 0 Å². The number of allylic oxidation sites excluding steroid dienone is 1. The molecule has 1 aliphatic rings. The van der Waals surface area contributed by atoms with Crippen LogP contribution in [0.2, 0.25) is 5.02 Å². The van der Waals surface area contributed by atoms with E-state index in [1.807, 2.05) is 30.3 Å². The second-order valence-electron chi connectivity index (χ2n) is 6.70. The molecule has 0 saturated carbocycles. The van der Waals surface area contributed by atoms with Gasteiger partial charge in [0.05, 0.1) is 5.54 Å². The maximum Gasteiger partial charge on any atom is 0.255 e. The Bertz CT molecular complexity index is 686. The molecule has 3 atom stereocenters. The molecule has 1 aromatic rings. The Kier molecular flexibility index (Phi) is 8.26. The molecule has 0 bridgehead atoms. The largest absolute Gasteiger partial charge is 0.345 e. The monoisotopic (exact) mass is 413 g/mol. The molecule has 0 amide bonds. The zero-order valence-corrected chi connectivity index (χ0v) is 17.8. The van der Waals surface area contributed by atoms with Gasteiger partial charge in [-0.3, -0.25) is 9.56 Å². The van der Waals surface area contributed by atoms with Crippen LogP contribution in [0.5, 0.6) is 0 Å². The number of halogens is 1. The van der Waals surface area contributed by atoms with Crippen LogP contribution in [0, 0.1) is 0 Å². The average molecular weight is 414 g/mol. The third kappa shape index (κ3) is 5.75. The van der Waals surface area contributed by atoms with Crippen molar-refractivity contribution in [2.75, 3.05) is 19.4 Å². The fourth-order valence-electron chi connectivity index (χ4n) is 3.36. The number of ether oxygens (including phenoxy) is 2. The number of benzene rings is 1. The highest BCUT2D eigenvalue weighted by Gasteiger charge is 2.37. The predicted molar refractivity (Wildman–Crippen MR) is 111 cm³/mol. The van der Waals surface area contributed by atoms with E-state index in [0.717, 1.165) is 5.56 Å². The van der Waals surface area contributed by atoms with Gasteiger partial charge in [-0.25, -0.2) is 0 Å². The molecule has 0 radical (unpaired) electrons.